The third-order valence-electron chi connectivity index (χ3n) is 17.5. The molecule has 4 nitrogen and oxygen atoms in total. The minimum Gasteiger partial charge on any atom is -0.454 e. The van der Waals surface area contributed by atoms with Crippen LogP contribution in [0.5, 0.6) is 0 Å². The van der Waals surface area contributed by atoms with E-state index >= 15 is 0 Å². The SMILES string of the molecule is Cc1cc2c3c(c1)N(c1cccc4c1oc1ccccc14)c1cc(N4c5ccc(C(C)(C)C)cc5C5(C)CCCC[C@@]45C)ccc1B3c1cc(C(C)(C)C)ccc1N2c1ccc2sc3ccccc3c2c1. The molecule has 0 radical (unpaired) electrons. The molecule has 5 heterocycles. The fraction of sp³-hybridized carbons (Fsp3) is 0.262. The average molecular weight is 942 g/mol. The Labute approximate surface area is 422 Å². The number of hydrogen-bond acceptors (Lipinski definition) is 5. The van der Waals surface area contributed by atoms with E-state index in [9.17, 15) is 0 Å². The predicted octanol–water partition coefficient (Wildman–Crippen LogP) is 16.7. The van der Waals surface area contributed by atoms with Crippen molar-refractivity contribution in [3.05, 3.63) is 174 Å². The zero-order valence-electron chi connectivity index (χ0n) is 42.5. The second kappa shape index (κ2) is 14.7. The van der Waals surface area contributed by atoms with Gasteiger partial charge in [-0.25, -0.2) is 0 Å². The second-order valence-corrected chi connectivity index (χ2v) is 24.8. The number of aryl methyl sites for hydroxylation is 1. The highest BCUT2D eigenvalue weighted by atomic mass is 32.1. The van der Waals surface area contributed by atoms with E-state index in [0.717, 1.165) is 34.0 Å². The number of benzene rings is 8. The standard InChI is InChI=1S/C65H60BN3OS/c1-39-33-55-60-56(34-39)68(53-20-16-19-46-44-17-10-12-21-57(44)70-61(46)53)54-38-43(69-51-28-23-40(62(2,3)4)35-48(51)64(8)31-14-15-32-65(64,69)9)25-27-49(54)66(60)50-36-41(63(5,6)7)24-29-52(50)67(55)42-26-30-59-47(37-42)45-18-11-13-22-58(45)71-59/h10-13,16-30,33-38H,14-15,31-32H2,1-9H3/t64?,65-/m1/s1. The van der Waals surface area contributed by atoms with Gasteiger partial charge in [0.05, 0.1) is 11.2 Å². The molecule has 71 heavy (non-hydrogen) atoms. The molecule has 2 atom stereocenters. The molecule has 0 saturated heterocycles. The molecule has 2 aromatic heterocycles. The van der Waals surface area contributed by atoms with Crippen molar-refractivity contribution in [2.45, 2.75) is 110 Å². The number of rotatable bonds is 3. The maximum absolute atomic E-state index is 7.02. The van der Waals surface area contributed by atoms with E-state index in [2.05, 4.69) is 229 Å². The van der Waals surface area contributed by atoms with Crippen LogP contribution >= 0.6 is 11.3 Å². The van der Waals surface area contributed by atoms with Crippen LogP contribution in [0.3, 0.4) is 0 Å². The van der Waals surface area contributed by atoms with Crippen LogP contribution in [-0.2, 0) is 16.2 Å². The third-order valence-corrected chi connectivity index (χ3v) is 18.7. The van der Waals surface area contributed by atoms with Gasteiger partial charge >= 0.3 is 0 Å². The van der Waals surface area contributed by atoms with E-state index in [1.807, 2.05) is 11.3 Å². The van der Waals surface area contributed by atoms with Crippen LogP contribution in [0.4, 0.5) is 45.5 Å². The van der Waals surface area contributed by atoms with Crippen molar-refractivity contribution >= 4 is 122 Å². The average Bonchev–Trinajstić information content (AvgIpc) is 3.98. The Bertz CT molecular complexity index is 3900. The van der Waals surface area contributed by atoms with E-state index in [1.165, 1.54) is 118 Å². The monoisotopic (exact) mass is 941 g/mol. The lowest BCUT2D eigenvalue weighted by molar-refractivity contribution is 0.195. The first kappa shape index (κ1) is 43.1. The van der Waals surface area contributed by atoms with Gasteiger partial charge in [0, 0.05) is 76.2 Å². The highest BCUT2D eigenvalue weighted by Gasteiger charge is 2.58. The van der Waals surface area contributed by atoms with Crippen LogP contribution < -0.4 is 31.1 Å². The minimum atomic E-state index is -0.104. The summed E-state index contributed by atoms with van der Waals surface area (Å²) in [4.78, 5) is 7.93. The van der Waals surface area contributed by atoms with Gasteiger partial charge in [0.1, 0.15) is 5.58 Å². The van der Waals surface area contributed by atoms with Crippen LogP contribution in [0.15, 0.2) is 156 Å². The molecular formula is C65H60BN3OS. The van der Waals surface area contributed by atoms with Gasteiger partial charge in [0.15, 0.2) is 5.58 Å². The largest absolute Gasteiger partial charge is 0.454 e. The molecule has 0 spiro atoms. The molecule has 4 aliphatic rings. The van der Waals surface area contributed by atoms with Crippen molar-refractivity contribution in [1.82, 2.24) is 0 Å². The summed E-state index contributed by atoms with van der Waals surface area (Å²) in [6.45, 7) is 21.5. The lowest BCUT2D eigenvalue weighted by Crippen LogP contribution is -2.61. The fourth-order valence-electron chi connectivity index (χ4n) is 13.6. The van der Waals surface area contributed by atoms with Crippen molar-refractivity contribution in [2.75, 3.05) is 14.7 Å². The summed E-state index contributed by atoms with van der Waals surface area (Å²) in [5, 5.41) is 4.88. The predicted molar refractivity (Wildman–Crippen MR) is 306 cm³/mol. The van der Waals surface area contributed by atoms with Crippen molar-refractivity contribution < 1.29 is 4.42 Å². The lowest BCUT2D eigenvalue weighted by atomic mass is 9.33. The summed E-state index contributed by atoms with van der Waals surface area (Å²) in [5.74, 6) is 0. The lowest BCUT2D eigenvalue weighted by Gasteiger charge is -2.50. The van der Waals surface area contributed by atoms with Gasteiger partial charge in [-0.05, 0) is 149 Å². The summed E-state index contributed by atoms with van der Waals surface area (Å²) in [6, 6.07) is 58.5. The quantitative estimate of drug-likeness (QED) is 0.165. The van der Waals surface area contributed by atoms with Gasteiger partial charge in [-0.1, -0.05) is 140 Å². The van der Waals surface area contributed by atoms with E-state index in [0.29, 0.717) is 0 Å². The number of anilines is 8. The molecule has 1 fully saturated rings. The first-order chi connectivity index (χ1) is 34.1. The normalized spacial score (nSPS) is 19.4. The molecule has 350 valence electrons. The molecule has 1 unspecified atom stereocenters. The summed E-state index contributed by atoms with van der Waals surface area (Å²) in [5.41, 5.74) is 20.9. The molecular weight excluding hydrogens is 882 g/mol. The molecule has 0 N–H and O–H groups in total. The maximum Gasteiger partial charge on any atom is 0.252 e. The van der Waals surface area contributed by atoms with Crippen LogP contribution in [0.1, 0.15) is 103 Å². The van der Waals surface area contributed by atoms with Crippen molar-refractivity contribution in [3.63, 3.8) is 0 Å². The van der Waals surface area contributed by atoms with Crippen molar-refractivity contribution in [3.8, 4) is 0 Å². The van der Waals surface area contributed by atoms with Crippen LogP contribution in [-0.4, -0.2) is 12.3 Å². The Hall–Kier alpha value is -6.76. The summed E-state index contributed by atoms with van der Waals surface area (Å²) < 4.78 is 9.65. The Morgan fingerprint density at radius 1 is 0.521 bits per heavy atom. The van der Waals surface area contributed by atoms with Crippen LogP contribution in [0.25, 0.3) is 42.1 Å². The number of nitrogens with zero attached hydrogens (tertiary/aromatic N) is 3. The topological polar surface area (TPSA) is 22.9 Å². The first-order valence-electron chi connectivity index (χ1n) is 25.9. The van der Waals surface area contributed by atoms with Crippen molar-refractivity contribution in [2.24, 2.45) is 0 Å². The highest BCUT2D eigenvalue weighted by molar-refractivity contribution is 7.25. The van der Waals surface area contributed by atoms with Gasteiger partial charge in [-0.3, -0.25) is 0 Å². The van der Waals surface area contributed by atoms with Gasteiger partial charge in [0.25, 0.3) is 6.71 Å². The van der Waals surface area contributed by atoms with Gasteiger partial charge in [0.2, 0.25) is 0 Å². The number of hydrogen-bond donors (Lipinski definition) is 0. The second-order valence-electron chi connectivity index (χ2n) is 23.7. The van der Waals surface area contributed by atoms with Crippen molar-refractivity contribution in [1.29, 1.82) is 0 Å². The molecule has 0 bridgehead atoms. The Kier molecular flexibility index (Phi) is 8.90. The minimum absolute atomic E-state index is 0.00334. The Morgan fingerprint density at radius 3 is 2.00 bits per heavy atom. The first-order valence-corrected chi connectivity index (χ1v) is 26.7. The maximum atomic E-state index is 7.02. The Morgan fingerprint density at radius 2 is 1.20 bits per heavy atom. The van der Waals surface area contributed by atoms with Crippen LogP contribution in [0.2, 0.25) is 0 Å². The number of para-hydroxylation sites is 2. The molecule has 6 heteroatoms. The van der Waals surface area contributed by atoms with E-state index in [4.69, 9.17) is 4.42 Å². The smallest absolute Gasteiger partial charge is 0.252 e. The zero-order valence-corrected chi connectivity index (χ0v) is 43.3. The molecule has 8 aromatic carbocycles. The number of fused-ring (bicyclic) bond motifs is 13. The molecule has 3 aliphatic heterocycles. The summed E-state index contributed by atoms with van der Waals surface area (Å²) >= 11 is 1.88. The van der Waals surface area contributed by atoms with E-state index in [1.54, 1.807) is 0 Å². The van der Waals surface area contributed by atoms with E-state index in [-0.39, 0.29) is 28.5 Å². The Balaban J connectivity index is 1.06. The molecule has 14 rings (SSSR count). The third kappa shape index (κ3) is 5.98. The highest BCUT2D eigenvalue weighted by Crippen LogP contribution is 2.62. The van der Waals surface area contributed by atoms with Gasteiger partial charge < -0.3 is 19.1 Å². The van der Waals surface area contributed by atoms with Gasteiger partial charge in [-0.15, -0.1) is 11.3 Å². The molecule has 1 saturated carbocycles. The molecule has 0 amide bonds. The molecule has 1 aliphatic carbocycles. The summed E-state index contributed by atoms with van der Waals surface area (Å²) in [6.07, 6.45) is 4.80. The number of furan rings is 1. The van der Waals surface area contributed by atoms with Crippen LogP contribution in [0, 0.1) is 6.92 Å². The van der Waals surface area contributed by atoms with E-state index < -0.39 is 0 Å². The summed E-state index contributed by atoms with van der Waals surface area (Å²) in [7, 11) is 0. The fourth-order valence-corrected chi connectivity index (χ4v) is 14.7. The number of thiophene rings is 1. The molecule has 10 aromatic rings. The van der Waals surface area contributed by atoms with Gasteiger partial charge in [-0.2, -0.15) is 0 Å². The zero-order chi connectivity index (χ0) is 48.5.